The maximum Gasteiger partial charge on any atom is 0.211 e. The summed E-state index contributed by atoms with van der Waals surface area (Å²) >= 11 is 0. The van der Waals surface area contributed by atoms with Gasteiger partial charge in [0.2, 0.25) is 10.0 Å². The second-order valence-electron chi connectivity index (χ2n) is 7.41. The topological polar surface area (TPSA) is 66.8 Å². The van der Waals surface area contributed by atoms with Gasteiger partial charge in [0, 0.05) is 12.1 Å². The zero-order valence-corrected chi connectivity index (χ0v) is 14.9. The summed E-state index contributed by atoms with van der Waals surface area (Å²) in [6.07, 6.45) is 0.569. The standard InChI is InChI=1S/C14H31NO4S/c1-11(13(2,3)4)19-12(10-16)9-15(14(5,6)7)20(8,17)18/h11-12,16H,9-10H2,1-8H3. The maximum atomic E-state index is 11.9. The molecule has 122 valence electrons. The van der Waals surface area contributed by atoms with Crippen molar-refractivity contribution in [2.45, 2.75) is 66.2 Å². The second-order valence-corrected chi connectivity index (χ2v) is 9.32. The van der Waals surface area contributed by atoms with Gasteiger partial charge in [-0.15, -0.1) is 0 Å². The predicted octanol–water partition coefficient (Wildman–Crippen LogP) is 1.86. The van der Waals surface area contributed by atoms with Gasteiger partial charge in [0.1, 0.15) is 0 Å². The van der Waals surface area contributed by atoms with E-state index in [1.54, 1.807) is 0 Å². The Morgan fingerprint density at radius 2 is 1.60 bits per heavy atom. The fraction of sp³-hybridized carbons (Fsp3) is 1.00. The molecule has 0 aliphatic rings. The van der Waals surface area contributed by atoms with Crippen molar-refractivity contribution in [1.82, 2.24) is 4.31 Å². The van der Waals surface area contributed by atoms with Crippen molar-refractivity contribution in [3.8, 4) is 0 Å². The Hall–Kier alpha value is -0.170. The zero-order valence-electron chi connectivity index (χ0n) is 14.1. The quantitative estimate of drug-likeness (QED) is 0.813. The van der Waals surface area contributed by atoms with E-state index in [0.29, 0.717) is 0 Å². The first-order valence-electron chi connectivity index (χ1n) is 6.93. The Kier molecular flexibility index (Phi) is 6.67. The molecule has 0 radical (unpaired) electrons. The SMILES string of the molecule is CC(OC(CO)CN(C(C)(C)C)S(C)(=O)=O)C(C)(C)C. The van der Waals surface area contributed by atoms with Crippen LogP contribution in [0.5, 0.6) is 0 Å². The highest BCUT2D eigenvalue weighted by molar-refractivity contribution is 7.88. The molecule has 0 fully saturated rings. The van der Waals surface area contributed by atoms with E-state index in [4.69, 9.17) is 4.74 Å². The highest BCUT2D eigenvalue weighted by Gasteiger charge is 2.33. The largest absolute Gasteiger partial charge is 0.394 e. The van der Waals surface area contributed by atoms with Gasteiger partial charge in [0.05, 0.1) is 25.1 Å². The molecule has 20 heavy (non-hydrogen) atoms. The number of sulfonamides is 1. The van der Waals surface area contributed by atoms with E-state index in [9.17, 15) is 13.5 Å². The van der Waals surface area contributed by atoms with Crippen molar-refractivity contribution in [2.75, 3.05) is 19.4 Å². The summed E-state index contributed by atoms with van der Waals surface area (Å²) in [6.45, 7) is 13.5. The predicted molar refractivity (Wildman–Crippen MR) is 82.2 cm³/mol. The van der Waals surface area contributed by atoms with Gasteiger partial charge < -0.3 is 9.84 Å². The van der Waals surface area contributed by atoms with E-state index in [0.717, 1.165) is 0 Å². The Labute approximate surface area is 124 Å². The minimum absolute atomic E-state index is 0.0644. The lowest BCUT2D eigenvalue weighted by Crippen LogP contribution is -2.50. The molecule has 0 amide bonds. The van der Waals surface area contributed by atoms with Crippen LogP contribution in [0.15, 0.2) is 0 Å². The molecule has 0 spiro atoms. The highest BCUT2D eigenvalue weighted by atomic mass is 32.2. The molecule has 0 saturated carbocycles. The van der Waals surface area contributed by atoms with E-state index in [1.807, 2.05) is 48.5 Å². The van der Waals surface area contributed by atoms with Crippen molar-refractivity contribution in [3.63, 3.8) is 0 Å². The Morgan fingerprint density at radius 1 is 1.15 bits per heavy atom. The molecule has 2 atom stereocenters. The number of aliphatic hydroxyl groups excluding tert-OH is 1. The minimum atomic E-state index is -3.36. The van der Waals surface area contributed by atoms with Gasteiger partial charge in [-0.05, 0) is 33.1 Å². The van der Waals surface area contributed by atoms with Crippen LogP contribution in [0.3, 0.4) is 0 Å². The first kappa shape index (κ1) is 19.8. The first-order chi connectivity index (χ1) is 8.69. The van der Waals surface area contributed by atoms with Crippen molar-refractivity contribution >= 4 is 10.0 Å². The Bertz CT molecular complexity index is 392. The third-order valence-electron chi connectivity index (χ3n) is 3.34. The van der Waals surface area contributed by atoms with Crippen LogP contribution < -0.4 is 0 Å². The maximum absolute atomic E-state index is 11.9. The number of ether oxygens (including phenoxy) is 1. The van der Waals surface area contributed by atoms with Crippen molar-refractivity contribution < 1.29 is 18.3 Å². The van der Waals surface area contributed by atoms with Gasteiger partial charge >= 0.3 is 0 Å². The van der Waals surface area contributed by atoms with Crippen LogP contribution >= 0.6 is 0 Å². The molecule has 0 aromatic carbocycles. The highest BCUT2D eigenvalue weighted by Crippen LogP contribution is 2.24. The van der Waals surface area contributed by atoms with Crippen molar-refractivity contribution in [1.29, 1.82) is 0 Å². The summed E-state index contributed by atoms with van der Waals surface area (Å²) in [6, 6.07) is 0. The average molecular weight is 309 g/mol. The number of aliphatic hydroxyl groups is 1. The lowest BCUT2D eigenvalue weighted by Gasteiger charge is -2.37. The fourth-order valence-corrected chi connectivity index (χ4v) is 3.16. The third-order valence-corrected chi connectivity index (χ3v) is 4.84. The molecule has 0 aromatic heterocycles. The van der Waals surface area contributed by atoms with E-state index < -0.39 is 21.7 Å². The van der Waals surface area contributed by atoms with Crippen LogP contribution in [0, 0.1) is 5.41 Å². The number of hydrogen-bond donors (Lipinski definition) is 1. The Balaban J connectivity index is 5.02. The smallest absolute Gasteiger partial charge is 0.211 e. The normalized spacial score (nSPS) is 17.3. The molecule has 2 unspecified atom stereocenters. The van der Waals surface area contributed by atoms with Gasteiger partial charge in [0.15, 0.2) is 0 Å². The third kappa shape index (κ3) is 6.52. The molecule has 0 aliphatic heterocycles. The molecule has 0 saturated heterocycles. The molecule has 0 heterocycles. The van der Waals surface area contributed by atoms with E-state index in [-0.39, 0.29) is 24.7 Å². The zero-order chi connectivity index (χ0) is 16.4. The van der Waals surface area contributed by atoms with Crippen LogP contribution in [0.4, 0.5) is 0 Å². The molecular formula is C14H31NO4S. The summed E-state index contributed by atoms with van der Waals surface area (Å²) in [5, 5.41) is 9.47. The van der Waals surface area contributed by atoms with Crippen LogP contribution in [0.25, 0.3) is 0 Å². The van der Waals surface area contributed by atoms with Gasteiger partial charge in [-0.3, -0.25) is 0 Å². The van der Waals surface area contributed by atoms with Gasteiger partial charge in [-0.1, -0.05) is 20.8 Å². The van der Waals surface area contributed by atoms with E-state index in [2.05, 4.69) is 0 Å². The molecule has 5 nitrogen and oxygen atoms in total. The van der Waals surface area contributed by atoms with Crippen LogP contribution in [0.2, 0.25) is 0 Å². The summed E-state index contributed by atoms with van der Waals surface area (Å²) in [4.78, 5) is 0. The molecule has 0 bridgehead atoms. The molecule has 6 heteroatoms. The molecule has 0 aliphatic carbocycles. The van der Waals surface area contributed by atoms with Gasteiger partial charge in [-0.25, -0.2) is 8.42 Å². The van der Waals surface area contributed by atoms with Crippen LogP contribution in [0.1, 0.15) is 48.5 Å². The molecular weight excluding hydrogens is 278 g/mol. The Morgan fingerprint density at radius 3 is 1.85 bits per heavy atom. The van der Waals surface area contributed by atoms with Crippen molar-refractivity contribution in [3.05, 3.63) is 0 Å². The van der Waals surface area contributed by atoms with Gasteiger partial charge in [-0.2, -0.15) is 4.31 Å². The van der Waals surface area contributed by atoms with Crippen molar-refractivity contribution in [2.24, 2.45) is 5.41 Å². The first-order valence-corrected chi connectivity index (χ1v) is 8.78. The number of hydrogen-bond acceptors (Lipinski definition) is 4. The number of nitrogens with zero attached hydrogens (tertiary/aromatic N) is 1. The lowest BCUT2D eigenvalue weighted by atomic mass is 9.90. The lowest BCUT2D eigenvalue weighted by molar-refractivity contribution is -0.0830. The second kappa shape index (κ2) is 6.73. The average Bonchev–Trinajstić information content (AvgIpc) is 2.18. The summed E-state index contributed by atoms with van der Waals surface area (Å²) in [7, 11) is -3.36. The number of rotatable bonds is 6. The minimum Gasteiger partial charge on any atom is -0.394 e. The summed E-state index contributed by atoms with van der Waals surface area (Å²) < 4.78 is 31.0. The van der Waals surface area contributed by atoms with Crippen LogP contribution in [-0.4, -0.2) is 55.0 Å². The summed E-state index contributed by atoms with van der Waals surface area (Å²) in [5.74, 6) is 0. The fourth-order valence-electron chi connectivity index (χ4n) is 1.73. The monoisotopic (exact) mass is 309 g/mol. The molecule has 0 rings (SSSR count). The molecule has 0 aromatic rings. The van der Waals surface area contributed by atoms with Crippen LogP contribution in [-0.2, 0) is 14.8 Å². The van der Waals surface area contributed by atoms with E-state index in [1.165, 1.54) is 10.6 Å². The van der Waals surface area contributed by atoms with Gasteiger partial charge in [0.25, 0.3) is 0 Å². The molecule has 1 N–H and O–H groups in total. The van der Waals surface area contributed by atoms with E-state index >= 15 is 0 Å². The summed E-state index contributed by atoms with van der Waals surface area (Å²) in [5.41, 5.74) is -0.611.